The standard InChI is InChI=1S/C13H24N2O2/c1-5-6-10-15(11-8-7-9-14)12(16)17-13(2,3)4/h5-8,10-11H2,1-4H3. The lowest BCUT2D eigenvalue weighted by atomic mass is 10.2. The molecule has 4 heteroatoms. The maximum absolute atomic E-state index is 11.9. The van der Waals surface area contributed by atoms with Gasteiger partial charge in [-0.1, -0.05) is 13.3 Å². The predicted octanol–water partition coefficient (Wildman–Crippen LogP) is 3.33. The lowest BCUT2D eigenvalue weighted by molar-refractivity contribution is 0.0246. The summed E-state index contributed by atoms with van der Waals surface area (Å²) in [6.07, 6.45) is 2.91. The zero-order valence-corrected chi connectivity index (χ0v) is 11.5. The first-order valence-corrected chi connectivity index (χ1v) is 6.25. The molecule has 1 amide bonds. The van der Waals surface area contributed by atoms with E-state index >= 15 is 0 Å². The van der Waals surface area contributed by atoms with Crippen LogP contribution in [0.2, 0.25) is 0 Å². The number of amides is 1. The minimum atomic E-state index is -0.462. The molecule has 98 valence electrons. The van der Waals surface area contributed by atoms with Crippen LogP contribution in [0.3, 0.4) is 0 Å². The number of hydrogen-bond donors (Lipinski definition) is 0. The highest BCUT2D eigenvalue weighted by atomic mass is 16.6. The van der Waals surface area contributed by atoms with Gasteiger partial charge in [-0.2, -0.15) is 5.26 Å². The fourth-order valence-electron chi connectivity index (χ4n) is 1.32. The van der Waals surface area contributed by atoms with Crippen LogP contribution in [0.4, 0.5) is 4.79 Å². The largest absolute Gasteiger partial charge is 0.444 e. The second-order valence-electron chi connectivity index (χ2n) is 5.08. The van der Waals surface area contributed by atoms with E-state index in [1.165, 1.54) is 0 Å². The Kier molecular flexibility index (Phi) is 7.36. The van der Waals surface area contributed by atoms with Crippen LogP contribution in [-0.4, -0.2) is 29.7 Å². The third-order valence-corrected chi connectivity index (χ3v) is 2.15. The van der Waals surface area contributed by atoms with Crippen LogP contribution in [0.5, 0.6) is 0 Å². The molecule has 0 saturated carbocycles. The van der Waals surface area contributed by atoms with Gasteiger partial charge in [-0.05, 0) is 33.6 Å². The maximum atomic E-state index is 11.9. The molecule has 0 aliphatic rings. The van der Waals surface area contributed by atoms with Crippen LogP contribution in [0, 0.1) is 11.3 Å². The summed E-state index contributed by atoms with van der Waals surface area (Å²) < 4.78 is 5.33. The first-order valence-electron chi connectivity index (χ1n) is 6.25. The minimum Gasteiger partial charge on any atom is -0.444 e. The molecule has 0 saturated heterocycles. The first-order chi connectivity index (χ1) is 7.90. The summed E-state index contributed by atoms with van der Waals surface area (Å²) in [5.41, 5.74) is -0.462. The van der Waals surface area contributed by atoms with Gasteiger partial charge < -0.3 is 9.64 Å². The van der Waals surface area contributed by atoms with Crippen molar-refractivity contribution >= 4 is 6.09 Å². The molecule has 0 atom stereocenters. The highest BCUT2D eigenvalue weighted by Gasteiger charge is 2.21. The Bertz CT molecular complexity index is 264. The van der Waals surface area contributed by atoms with Crippen molar-refractivity contribution in [1.29, 1.82) is 5.26 Å². The van der Waals surface area contributed by atoms with E-state index in [9.17, 15) is 4.79 Å². The van der Waals surface area contributed by atoms with Gasteiger partial charge in [0.25, 0.3) is 0 Å². The van der Waals surface area contributed by atoms with Crippen molar-refractivity contribution in [2.45, 2.75) is 59.0 Å². The van der Waals surface area contributed by atoms with Crippen molar-refractivity contribution < 1.29 is 9.53 Å². The smallest absolute Gasteiger partial charge is 0.410 e. The predicted molar refractivity (Wildman–Crippen MR) is 67.6 cm³/mol. The number of nitriles is 1. The van der Waals surface area contributed by atoms with Gasteiger partial charge in [0.1, 0.15) is 5.60 Å². The summed E-state index contributed by atoms with van der Waals surface area (Å²) in [7, 11) is 0. The molecule has 0 unspecified atom stereocenters. The van der Waals surface area contributed by atoms with Crippen molar-refractivity contribution in [2.75, 3.05) is 13.1 Å². The average Bonchev–Trinajstić information content (AvgIpc) is 2.20. The molecule has 0 radical (unpaired) electrons. The van der Waals surface area contributed by atoms with E-state index in [4.69, 9.17) is 10.00 Å². The third kappa shape index (κ3) is 8.56. The summed E-state index contributed by atoms with van der Waals surface area (Å²) in [5, 5.41) is 8.50. The minimum absolute atomic E-state index is 0.274. The van der Waals surface area contributed by atoms with Gasteiger partial charge in [0.2, 0.25) is 0 Å². The molecular weight excluding hydrogens is 216 g/mol. The Morgan fingerprint density at radius 2 is 1.88 bits per heavy atom. The van der Waals surface area contributed by atoms with Gasteiger partial charge in [-0.25, -0.2) is 4.79 Å². The van der Waals surface area contributed by atoms with Crippen LogP contribution in [0.1, 0.15) is 53.4 Å². The number of carbonyl (C=O) groups is 1. The third-order valence-electron chi connectivity index (χ3n) is 2.15. The Balaban J connectivity index is 4.25. The van der Waals surface area contributed by atoms with Crippen LogP contribution < -0.4 is 0 Å². The summed E-state index contributed by atoms with van der Waals surface area (Å²) in [6, 6.07) is 2.09. The Morgan fingerprint density at radius 3 is 2.35 bits per heavy atom. The van der Waals surface area contributed by atoms with Crippen LogP contribution in [-0.2, 0) is 4.74 Å². The van der Waals surface area contributed by atoms with Crippen molar-refractivity contribution in [3.05, 3.63) is 0 Å². The van der Waals surface area contributed by atoms with Gasteiger partial charge in [0.15, 0.2) is 0 Å². The van der Waals surface area contributed by atoms with E-state index in [1.54, 1.807) is 4.90 Å². The highest BCUT2D eigenvalue weighted by molar-refractivity contribution is 5.68. The molecule has 0 N–H and O–H groups in total. The second kappa shape index (κ2) is 7.94. The first kappa shape index (κ1) is 15.8. The molecular formula is C13H24N2O2. The Hall–Kier alpha value is -1.24. The van der Waals surface area contributed by atoms with Gasteiger partial charge in [-0.15, -0.1) is 0 Å². The second-order valence-corrected chi connectivity index (χ2v) is 5.08. The summed E-state index contributed by atoms with van der Waals surface area (Å²) in [6.45, 7) is 8.97. The molecule has 0 aliphatic heterocycles. The van der Waals surface area contributed by atoms with E-state index in [2.05, 4.69) is 13.0 Å². The fraction of sp³-hybridized carbons (Fsp3) is 0.846. The molecule has 0 aromatic heterocycles. The molecule has 0 fully saturated rings. The molecule has 17 heavy (non-hydrogen) atoms. The van der Waals surface area contributed by atoms with Crippen molar-refractivity contribution in [2.24, 2.45) is 0 Å². The molecule has 0 bridgehead atoms. The lowest BCUT2D eigenvalue weighted by Gasteiger charge is -2.27. The molecule has 0 aromatic rings. The normalized spacial score (nSPS) is 10.8. The van der Waals surface area contributed by atoms with Gasteiger partial charge in [0, 0.05) is 19.5 Å². The fourth-order valence-corrected chi connectivity index (χ4v) is 1.32. The molecule has 0 heterocycles. The number of nitrogens with zero attached hydrogens (tertiary/aromatic N) is 2. The van der Waals surface area contributed by atoms with Gasteiger partial charge in [0.05, 0.1) is 6.07 Å². The number of rotatable bonds is 6. The number of ether oxygens (including phenoxy) is 1. The van der Waals surface area contributed by atoms with Gasteiger partial charge >= 0.3 is 6.09 Å². The topological polar surface area (TPSA) is 53.3 Å². The SMILES string of the molecule is CCCCN(CCCC#N)C(=O)OC(C)(C)C. The lowest BCUT2D eigenvalue weighted by Crippen LogP contribution is -2.38. The number of unbranched alkanes of at least 4 members (excludes halogenated alkanes) is 2. The molecule has 0 aromatic carbocycles. The van der Waals surface area contributed by atoms with Crippen LogP contribution in [0.15, 0.2) is 0 Å². The van der Waals surface area contributed by atoms with E-state index in [0.717, 1.165) is 12.8 Å². The van der Waals surface area contributed by atoms with E-state index < -0.39 is 5.60 Å². The zero-order chi connectivity index (χ0) is 13.3. The van der Waals surface area contributed by atoms with Crippen molar-refractivity contribution in [3.8, 4) is 6.07 Å². The van der Waals surface area contributed by atoms with E-state index in [-0.39, 0.29) is 6.09 Å². The molecule has 0 spiro atoms. The van der Waals surface area contributed by atoms with Crippen molar-refractivity contribution in [1.82, 2.24) is 4.90 Å². The summed E-state index contributed by atoms with van der Waals surface area (Å²) >= 11 is 0. The number of hydrogen-bond acceptors (Lipinski definition) is 3. The Morgan fingerprint density at radius 1 is 1.29 bits per heavy atom. The van der Waals surface area contributed by atoms with Gasteiger partial charge in [-0.3, -0.25) is 0 Å². The molecule has 4 nitrogen and oxygen atoms in total. The number of carbonyl (C=O) groups excluding carboxylic acids is 1. The Labute approximate surface area is 105 Å². The van der Waals surface area contributed by atoms with Crippen LogP contribution in [0.25, 0.3) is 0 Å². The molecule has 0 aliphatic carbocycles. The molecule has 0 rings (SSSR count). The van der Waals surface area contributed by atoms with E-state index in [1.807, 2.05) is 20.8 Å². The quantitative estimate of drug-likeness (QED) is 0.669. The van der Waals surface area contributed by atoms with Crippen LogP contribution >= 0.6 is 0 Å². The monoisotopic (exact) mass is 240 g/mol. The van der Waals surface area contributed by atoms with Crippen molar-refractivity contribution in [3.63, 3.8) is 0 Å². The van der Waals surface area contributed by atoms with E-state index in [0.29, 0.717) is 25.9 Å². The average molecular weight is 240 g/mol. The highest BCUT2D eigenvalue weighted by Crippen LogP contribution is 2.11. The maximum Gasteiger partial charge on any atom is 0.410 e. The summed E-state index contributed by atoms with van der Waals surface area (Å²) in [5.74, 6) is 0. The zero-order valence-electron chi connectivity index (χ0n) is 11.5. The summed E-state index contributed by atoms with van der Waals surface area (Å²) in [4.78, 5) is 13.6.